The molecule has 0 N–H and O–H groups in total. The minimum atomic E-state index is 0.554. The maximum atomic E-state index is 5.47. The molecule has 0 saturated heterocycles. The normalized spacial score (nSPS) is 11.0. The van der Waals surface area contributed by atoms with Crippen LogP contribution in [0.5, 0.6) is 5.75 Å². The Morgan fingerprint density at radius 1 is 1.11 bits per heavy atom. The number of hydrogen-bond acceptors (Lipinski definition) is 6. The van der Waals surface area contributed by atoms with Crippen molar-refractivity contribution in [3.63, 3.8) is 0 Å². The standard InChI is InChI=1S/C20H18N4O2S/c1-3-26-12-13-27-20-21-16-10-6-4-8-14(16)19-22-18(23-24(19)20)15-9-5-7-11-17(15)25-2/h3-11H,1,12-13H2,2H3. The van der Waals surface area contributed by atoms with Crippen molar-refractivity contribution in [2.24, 2.45) is 0 Å². The Kier molecular flexibility index (Phi) is 4.93. The summed E-state index contributed by atoms with van der Waals surface area (Å²) in [5, 5.41) is 6.45. The van der Waals surface area contributed by atoms with Crippen LogP contribution in [0.3, 0.4) is 0 Å². The molecule has 2 aromatic heterocycles. The van der Waals surface area contributed by atoms with Gasteiger partial charge in [0.25, 0.3) is 0 Å². The van der Waals surface area contributed by atoms with E-state index in [1.54, 1.807) is 23.4 Å². The van der Waals surface area contributed by atoms with Crippen LogP contribution < -0.4 is 4.74 Å². The molecule has 0 aliphatic carbocycles. The fourth-order valence-electron chi connectivity index (χ4n) is 2.83. The molecule has 0 unspecified atom stereocenters. The highest BCUT2D eigenvalue weighted by molar-refractivity contribution is 7.99. The van der Waals surface area contributed by atoms with E-state index >= 15 is 0 Å². The molecule has 0 bridgehead atoms. The van der Waals surface area contributed by atoms with Crippen molar-refractivity contribution in [1.29, 1.82) is 0 Å². The van der Waals surface area contributed by atoms with Crippen molar-refractivity contribution in [2.45, 2.75) is 5.16 Å². The van der Waals surface area contributed by atoms with Crippen molar-refractivity contribution < 1.29 is 9.47 Å². The zero-order valence-corrected chi connectivity index (χ0v) is 15.6. The first kappa shape index (κ1) is 17.4. The molecule has 0 amide bonds. The quantitative estimate of drug-likeness (QED) is 0.208. The average Bonchev–Trinajstić information content (AvgIpc) is 3.17. The lowest BCUT2D eigenvalue weighted by Crippen LogP contribution is -2.00. The Balaban J connectivity index is 1.86. The highest BCUT2D eigenvalue weighted by Crippen LogP contribution is 2.30. The highest BCUT2D eigenvalue weighted by atomic mass is 32.2. The molecule has 4 rings (SSSR count). The first-order valence-electron chi connectivity index (χ1n) is 8.46. The van der Waals surface area contributed by atoms with Crippen LogP contribution in [0.15, 0.2) is 66.5 Å². The third-order valence-electron chi connectivity index (χ3n) is 4.05. The fraction of sp³-hybridized carbons (Fsp3) is 0.150. The second-order valence-corrected chi connectivity index (χ2v) is 6.73. The van der Waals surface area contributed by atoms with E-state index in [1.165, 1.54) is 6.26 Å². The molecule has 6 nitrogen and oxygen atoms in total. The Bertz CT molecular complexity index is 1110. The highest BCUT2D eigenvalue weighted by Gasteiger charge is 2.16. The summed E-state index contributed by atoms with van der Waals surface area (Å²) in [5.41, 5.74) is 2.50. The number of fused-ring (bicyclic) bond motifs is 3. The van der Waals surface area contributed by atoms with Gasteiger partial charge >= 0.3 is 0 Å². The SMILES string of the molecule is C=COCCSc1nc2ccccc2c2nc(-c3ccccc3OC)nn12. The number of benzene rings is 2. The molecule has 0 atom stereocenters. The number of thioether (sulfide) groups is 1. The molecule has 7 heteroatoms. The first-order chi connectivity index (χ1) is 13.3. The number of rotatable bonds is 7. The van der Waals surface area contributed by atoms with Gasteiger partial charge in [-0.15, -0.1) is 5.10 Å². The van der Waals surface area contributed by atoms with Crippen molar-refractivity contribution in [3.05, 3.63) is 61.4 Å². The zero-order chi connectivity index (χ0) is 18.6. The van der Waals surface area contributed by atoms with Crippen molar-refractivity contribution in [1.82, 2.24) is 19.6 Å². The molecular formula is C20H18N4O2S. The molecule has 0 saturated carbocycles. The van der Waals surface area contributed by atoms with Crippen LogP contribution in [0.1, 0.15) is 0 Å². The zero-order valence-electron chi connectivity index (χ0n) is 14.8. The van der Waals surface area contributed by atoms with E-state index in [-0.39, 0.29) is 0 Å². The minimum absolute atomic E-state index is 0.554. The summed E-state index contributed by atoms with van der Waals surface area (Å²) in [6, 6.07) is 15.7. The molecule has 0 fully saturated rings. The molecule has 27 heavy (non-hydrogen) atoms. The summed E-state index contributed by atoms with van der Waals surface area (Å²) in [4.78, 5) is 9.56. The summed E-state index contributed by atoms with van der Waals surface area (Å²) in [5.74, 6) is 2.07. The van der Waals surface area contributed by atoms with E-state index in [1.807, 2.05) is 48.5 Å². The first-order valence-corrected chi connectivity index (χ1v) is 9.44. The second kappa shape index (κ2) is 7.67. The van der Waals surface area contributed by atoms with E-state index in [9.17, 15) is 0 Å². The van der Waals surface area contributed by atoms with Crippen LogP contribution in [0, 0.1) is 0 Å². The maximum Gasteiger partial charge on any atom is 0.191 e. The number of methoxy groups -OCH3 is 1. The van der Waals surface area contributed by atoms with Crippen LogP contribution in [-0.4, -0.2) is 39.1 Å². The summed E-state index contributed by atoms with van der Waals surface area (Å²) in [6.45, 7) is 4.12. The van der Waals surface area contributed by atoms with Crippen molar-refractivity contribution in [2.75, 3.05) is 19.5 Å². The largest absolute Gasteiger partial charge is 0.501 e. The predicted molar refractivity (Wildman–Crippen MR) is 107 cm³/mol. The molecule has 136 valence electrons. The maximum absolute atomic E-state index is 5.47. The van der Waals surface area contributed by atoms with Gasteiger partial charge in [-0.1, -0.05) is 42.6 Å². The number of hydrogen-bond donors (Lipinski definition) is 0. The monoisotopic (exact) mass is 378 g/mol. The van der Waals surface area contributed by atoms with Gasteiger partial charge in [-0.2, -0.15) is 4.52 Å². The lowest BCUT2D eigenvalue weighted by atomic mass is 10.2. The van der Waals surface area contributed by atoms with E-state index in [0.29, 0.717) is 12.4 Å². The molecule has 2 aromatic carbocycles. The van der Waals surface area contributed by atoms with Gasteiger partial charge in [0.1, 0.15) is 5.75 Å². The smallest absolute Gasteiger partial charge is 0.191 e. The predicted octanol–water partition coefficient (Wildman–Crippen LogP) is 4.21. The molecule has 4 aromatic rings. The number of nitrogens with zero attached hydrogens (tertiary/aromatic N) is 4. The lowest BCUT2D eigenvalue weighted by molar-refractivity contribution is 0.274. The topological polar surface area (TPSA) is 61.5 Å². The van der Waals surface area contributed by atoms with Gasteiger partial charge in [0.2, 0.25) is 0 Å². The summed E-state index contributed by atoms with van der Waals surface area (Å²) in [7, 11) is 1.65. The van der Waals surface area contributed by atoms with Crippen LogP contribution >= 0.6 is 11.8 Å². The number of aromatic nitrogens is 4. The molecule has 2 heterocycles. The van der Waals surface area contributed by atoms with E-state index in [2.05, 4.69) is 6.58 Å². The van der Waals surface area contributed by atoms with Crippen molar-refractivity contribution in [3.8, 4) is 17.1 Å². The molecule has 0 radical (unpaired) electrons. The van der Waals surface area contributed by atoms with Gasteiger partial charge in [0, 0.05) is 11.1 Å². The van der Waals surface area contributed by atoms with Gasteiger partial charge in [-0.3, -0.25) is 0 Å². The Morgan fingerprint density at radius 3 is 2.78 bits per heavy atom. The van der Waals surface area contributed by atoms with E-state index in [4.69, 9.17) is 24.5 Å². The Hall–Kier alpha value is -3.06. The van der Waals surface area contributed by atoms with Gasteiger partial charge in [0.15, 0.2) is 16.6 Å². The van der Waals surface area contributed by atoms with Crippen LogP contribution in [0.4, 0.5) is 0 Å². The van der Waals surface area contributed by atoms with Gasteiger partial charge < -0.3 is 9.47 Å². The Morgan fingerprint density at radius 2 is 1.93 bits per heavy atom. The number of ether oxygens (including phenoxy) is 2. The third kappa shape index (κ3) is 3.33. The summed E-state index contributed by atoms with van der Waals surface area (Å²) >= 11 is 1.57. The van der Waals surface area contributed by atoms with E-state index < -0.39 is 0 Å². The molecule has 0 aliphatic rings. The van der Waals surface area contributed by atoms with Crippen LogP contribution in [0.25, 0.3) is 27.9 Å². The van der Waals surface area contributed by atoms with Gasteiger partial charge in [-0.25, -0.2) is 9.97 Å². The van der Waals surface area contributed by atoms with Crippen LogP contribution in [0.2, 0.25) is 0 Å². The summed E-state index contributed by atoms with van der Waals surface area (Å²) < 4.78 is 12.5. The second-order valence-electron chi connectivity index (χ2n) is 5.67. The molecule has 0 spiro atoms. The van der Waals surface area contributed by atoms with Gasteiger partial charge in [-0.05, 0) is 24.3 Å². The third-order valence-corrected chi connectivity index (χ3v) is 4.94. The molecular weight excluding hydrogens is 360 g/mol. The Labute approximate surface area is 160 Å². The number of para-hydroxylation sites is 2. The lowest BCUT2D eigenvalue weighted by Gasteiger charge is -2.06. The summed E-state index contributed by atoms with van der Waals surface area (Å²) in [6.07, 6.45) is 1.44. The molecule has 0 aliphatic heterocycles. The van der Waals surface area contributed by atoms with E-state index in [0.717, 1.165) is 38.8 Å². The van der Waals surface area contributed by atoms with Gasteiger partial charge in [0.05, 0.1) is 31.1 Å². The minimum Gasteiger partial charge on any atom is -0.501 e. The fourth-order valence-corrected chi connectivity index (χ4v) is 3.61. The average molecular weight is 378 g/mol. The van der Waals surface area contributed by atoms with Crippen LogP contribution in [-0.2, 0) is 4.74 Å². The van der Waals surface area contributed by atoms with Crippen molar-refractivity contribution >= 4 is 28.3 Å².